The predicted molar refractivity (Wildman–Crippen MR) is 102 cm³/mol. The normalized spacial score (nSPS) is 17.1. The van der Waals surface area contributed by atoms with E-state index in [9.17, 15) is 9.18 Å². The number of anilines is 1. The quantitative estimate of drug-likeness (QED) is 0.746. The van der Waals surface area contributed by atoms with Gasteiger partial charge in [-0.1, -0.05) is 23.4 Å². The lowest BCUT2D eigenvalue weighted by molar-refractivity contribution is -0.125. The van der Waals surface area contributed by atoms with Crippen LogP contribution in [0.25, 0.3) is 11.1 Å². The van der Waals surface area contributed by atoms with Crippen molar-refractivity contribution in [1.29, 1.82) is 0 Å². The highest BCUT2D eigenvalue weighted by Crippen LogP contribution is 2.30. The Morgan fingerprint density at radius 2 is 2.14 bits per heavy atom. The molecule has 1 amide bonds. The van der Waals surface area contributed by atoms with E-state index in [1.54, 1.807) is 18.2 Å². The molecule has 1 fully saturated rings. The van der Waals surface area contributed by atoms with Gasteiger partial charge in [0, 0.05) is 25.2 Å². The molecular weight excluding hydrogens is 361 g/mol. The summed E-state index contributed by atoms with van der Waals surface area (Å²) in [6.07, 6.45) is 1.65. The molecule has 1 saturated heterocycles. The van der Waals surface area contributed by atoms with E-state index in [-0.39, 0.29) is 24.2 Å². The molecule has 28 heavy (non-hydrogen) atoms. The molecular formula is C20H22FN5O2. The largest absolute Gasteiger partial charge is 0.355 e. The Morgan fingerprint density at radius 3 is 2.96 bits per heavy atom. The molecule has 1 N–H and O–H groups in total. The maximum absolute atomic E-state index is 13.8. The van der Waals surface area contributed by atoms with E-state index in [4.69, 9.17) is 4.52 Å². The van der Waals surface area contributed by atoms with Crippen LogP contribution in [0.5, 0.6) is 0 Å². The van der Waals surface area contributed by atoms with Crippen molar-refractivity contribution in [2.45, 2.75) is 33.2 Å². The SMILES string of the molecule is Cc1nc(N2CCC[C@H](C(=O)NCc3ccccc3F)C2)c2c(C)noc2n1. The van der Waals surface area contributed by atoms with Gasteiger partial charge >= 0.3 is 0 Å². The topological polar surface area (TPSA) is 84.2 Å². The second-order valence-corrected chi connectivity index (χ2v) is 7.14. The van der Waals surface area contributed by atoms with E-state index in [1.165, 1.54) is 6.07 Å². The third kappa shape index (κ3) is 3.54. The zero-order chi connectivity index (χ0) is 19.7. The van der Waals surface area contributed by atoms with Crippen LogP contribution in [0.2, 0.25) is 0 Å². The van der Waals surface area contributed by atoms with Crippen molar-refractivity contribution in [2.75, 3.05) is 18.0 Å². The first-order valence-electron chi connectivity index (χ1n) is 9.39. The molecule has 2 aromatic heterocycles. The summed E-state index contributed by atoms with van der Waals surface area (Å²) in [5.74, 6) is 0.788. The summed E-state index contributed by atoms with van der Waals surface area (Å²) in [5, 5.41) is 7.66. The summed E-state index contributed by atoms with van der Waals surface area (Å²) in [5.41, 5.74) is 1.68. The number of halogens is 1. The van der Waals surface area contributed by atoms with E-state index in [2.05, 4.69) is 25.3 Å². The highest BCUT2D eigenvalue weighted by atomic mass is 19.1. The monoisotopic (exact) mass is 383 g/mol. The van der Waals surface area contributed by atoms with Gasteiger partial charge in [-0.05, 0) is 32.8 Å². The van der Waals surface area contributed by atoms with Crippen LogP contribution >= 0.6 is 0 Å². The summed E-state index contributed by atoms with van der Waals surface area (Å²) >= 11 is 0. The van der Waals surface area contributed by atoms with Crippen molar-refractivity contribution >= 4 is 22.8 Å². The molecule has 4 rings (SSSR count). The zero-order valence-corrected chi connectivity index (χ0v) is 15.9. The number of nitrogens with zero attached hydrogens (tertiary/aromatic N) is 4. The third-order valence-corrected chi connectivity index (χ3v) is 5.10. The third-order valence-electron chi connectivity index (χ3n) is 5.10. The van der Waals surface area contributed by atoms with Gasteiger partial charge in [0.1, 0.15) is 22.8 Å². The lowest BCUT2D eigenvalue weighted by Gasteiger charge is -2.33. The number of benzene rings is 1. The number of carbonyl (C=O) groups excluding carboxylic acids is 1. The Labute approximate surface area is 161 Å². The van der Waals surface area contributed by atoms with Gasteiger partial charge in [-0.25, -0.2) is 9.37 Å². The van der Waals surface area contributed by atoms with Crippen LogP contribution in [0.1, 0.15) is 29.9 Å². The Bertz CT molecular complexity index is 1020. The Morgan fingerprint density at radius 1 is 1.32 bits per heavy atom. The number of hydrogen-bond acceptors (Lipinski definition) is 6. The lowest BCUT2D eigenvalue weighted by Crippen LogP contribution is -2.43. The van der Waals surface area contributed by atoms with Gasteiger partial charge < -0.3 is 14.7 Å². The Hall–Kier alpha value is -3.03. The molecule has 1 aliphatic rings. The number of aryl methyl sites for hydroxylation is 2. The van der Waals surface area contributed by atoms with E-state index < -0.39 is 0 Å². The summed E-state index contributed by atoms with van der Waals surface area (Å²) in [6, 6.07) is 6.47. The maximum Gasteiger partial charge on any atom is 0.263 e. The highest BCUT2D eigenvalue weighted by molar-refractivity contribution is 5.88. The standard InChI is InChI=1S/C20H22FN5O2/c1-12-17-18(23-13(2)24-20(17)28-25-12)26-9-5-7-15(11-26)19(27)22-10-14-6-3-4-8-16(14)21/h3-4,6,8,15H,5,7,9-11H2,1-2H3,(H,22,27)/t15-/m0/s1. The smallest absolute Gasteiger partial charge is 0.263 e. The second-order valence-electron chi connectivity index (χ2n) is 7.14. The van der Waals surface area contributed by atoms with Crippen molar-refractivity contribution in [3.05, 3.63) is 47.2 Å². The number of fused-ring (bicyclic) bond motifs is 1. The van der Waals surface area contributed by atoms with E-state index >= 15 is 0 Å². The van der Waals surface area contributed by atoms with Crippen molar-refractivity contribution in [1.82, 2.24) is 20.4 Å². The molecule has 1 atom stereocenters. The first kappa shape index (κ1) is 18.3. The van der Waals surface area contributed by atoms with Crippen LogP contribution in [0.4, 0.5) is 10.2 Å². The number of piperidine rings is 1. The van der Waals surface area contributed by atoms with Crippen molar-refractivity contribution < 1.29 is 13.7 Å². The fourth-order valence-corrected chi connectivity index (χ4v) is 3.65. The minimum Gasteiger partial charge on any atom is -0.355 e. The fourth-order valence-electron chi connectivity index (χ4n) is 3.65. The molecule has 7 nitrogen and oxygen atoms in total. The molecule has 0 aliphatic carbocycles. The molecule has 0 spiro atoms. The summed E-state index contributed by atoms with van der Waals surface area (Å²) < 4.78 is 19.1. The molecule has 0 radical (unpaired) electrons. The molecule has 3 aromatic rings. The van der Waals surface area contributed by atoms with Crippen molar-refractivity contribution in [3.8, 4) is 0 Å². The van der Waals surface area contributed by atoms with Crippen molar-refractivity contribution in [2.24, 2.45) is 5.92 Å². The van der Waals surface area contributed by atoms with Crippen LogP contribution in [-0.4, -0.2) is 34.1 Å². The number of nitrogens with one attached hydrogen (secondary N) is 1. The van der Waals surface area contributed by atoms with Gasteiger partial charge in [-0.2, -0.15) is 4.98 Å². The minimum absolute atomic E-state index is 0.0722. The first-order valence-corrected chi connectivity index (χ1v) is 9.39. The molecule has 0 bridgehead atoms. The number of rotatable bonds is 4. The molecule has 8 heteroatoms. The maximum atomic E-state index is 13.8. The fraction of sp³-hybridized carbons (Fsp3) is 0.400. The van der Waals surface area contributed by atoms with Gasteiger partial charge in [0.05, 0.1) is 11.6 Å². The number of hydrogen-bond donors (Lipinski definition) is 1. The van der Waals surface area contributed by atoms with Gasteiger partial charge in [0.25, 0.3) is 5.71 Å². The van der Waals surface area contributed by atoms with Crippen LogP contribution in [0.3, 0.4) is 0 Å². The molecule has 0 unspecified atom stereocenters. The number of aromatic nitrogens is 3. The summed E-state index contributed by atoms with van der Waals surface area (Å²) in [6.45, 7) is 5.19. The van der Waals surface area contributed by atoms with Crippen molar-refractivity contribution in [3.63, 3.8) is 0 Å². The van der Waals surface area contributed by atoms with Crippen LogP contribution < -0.4 is 10.2 Å². The molecule has 1 aliphatic heterocycles. The van der Waals surface area contributed by atoms with Gasteiger partial charge in [0.15, 0.2) is 0 Å². The molecule has 0 saturated carbocycles. The minimum atomic E-state index is -0.310. The number of amides is 1. The molecule has 146 valence electrons. The van der Waals surface area contributed by atoms with Gasteiger partial charge in [-0.3, -0.25) is 4.79 Å². The summed E-state index contributed by atoms with van der Waals surface area (Å²) in [7, 11) is 0. The van der Waals surface area contributed by atoms with E-state index in [0.717, 1.165) is 36.3 Å². The van der Waals surface area contributed by atoms with Crippen LogP contribution in [0, 0.1) is 25.6 Å². The zero-order valence-electron chi connectivity index (χ0n) is 15.9. The molecule has 1 aromatic carbocycles. The second kappa shape index (κ2) is 7.53. The highest BCUT2D eigenvalue weighted by Gasteiger charge is 2.29. The average Bonchev–Trinajstić information content (AvgIpc) is 3.07. The number of carbonyl (C=O) groups is 1. The summed E-state index contributed by atoms with van der Waals surface area (Å²) in [4.78, 5) is 23.7. The van der Waals surface area contributed by atoms with E-state index in [1.807, 2.05) is 13.8 Å². The first-order chi connectivity index (χ1) is 13.5. The van der Waals surface area contributed by atoms with Crippen LogP contribution in [0.15, 0.2) is 28.8 Å². The predicted octanol–water partition coefficient (Wildman–Crippen LogP) is 2.91. The van der Waals surface area contributed by atoms with E-state index in [0.29, 0.717) is 23.6 Å². The lowest BCUT2D eigenvalue weighted by atomic mass is 9.96. The van der Waals surface area contributed by atoms with Gasteiger partial charge in [0.2, 0.25) is 5.91 Å². The average molecular weight is 383 g/mol. The Kier molecular flexibility index (Phi) is 4.93. The van der Waals surface area contributed by atoms with Gasteiger partial charge in [-0.15, -0.1) is 0 Å². The Balaban J connectivity index is 1.50. The molecule has 3 heterocycles. The van der Waals surface area contributed by atoms with Crippen LogP contribution in [-0.2, 0) is 11.3 Å².